The van der Waals surface area contributed by atoms with Crippen molar-refractivity contribution in [2.45, 2.75) is 26.9 Å². The van der Waals surface area contributed by atoms with Crippen molar-refractivity contribution in [3.8, 4) is 0 Å². The number of halogens is 3. The molecule has 0 aliphatic heterocycles. The zero-order valence-electron chi connectivity index (χ0n) is 13.8. The van der Waals surface area contributed by atoms with Gasteiger partial charge in [0.25, 0.3) is 0 Å². The van der Waals surface area contributed by atoms with Crippen LogP contribution in [0.25, 0.3) is 11.0 Å². The molecule has 3 rings (SSSR count). The Bertz CT molecular complexity index is 996. The number of thiazole rings is 1. The van der Waals surface area contributed by atoms with Crippen molar-refractivity contribution in [2.75, 3.05) is 0 Å². The normalized spacial score (nSPS) is 12.4. The standard InChI is InChI=1S/C18H15F3N2OS/c1-10-4-5-13(8-11(10)2)15(24)7-6-14-16(18(19,20)21)22-17-23(14)9-12(3)25-17/h4-9H,1-3H3/b7-6+. The smallest absolute Gasteiger partial charge is 0.290 e. The molecule has 0 spiro atoms. The van der Waals surface area contributed by atoms with Crippen LogP contribution in [0.5, 0.6) is 0 Å². The van der Waals surface area contributed by atoms with Gasteiger partial charge >= 0.3 is 6.18 Å². The van der Waals surface area contributed by atoms with E-state index in [2.05, 4.69) is 4.98 Å². The number of imidazole rings is 1. The van der Waals surface area contributed by atoms with Gasteiger partial charge in [0, 0.05) is 16.6 Å². The number of aryl methyl sites for hydroxylation is 3. The maximum atomic E-state index is 13.2. The summed E-state index contributed by atoms with van der Waals surface area (Å²) < 4.78 is 41.0. The molecule has 3 aromatic rings. The highest BCUT2D eigenvalue weighted by Gasteiger charge is 2.37. The van der Waals surface area contributed by atoms with Gasteiger partial charge in [-0.05, 0) is 50.1 Å². The van der Waals surface area contributed by atoms with Gasteiger partial charge in [-0.2, -0.15) is 13.2 Å². The lowest BCUT2D eigenvalue weighted by Gasteiger charge is -2.04. The second-order valence-electron chi connectivity index (χ2n) is 5.83. The van der Waals surface area contributed by atoms with Crippen LogP contribution >= 0.6 is 11.3 Å². The minimum atomic E-state index is -4.58. The molecule has 0 radical (unpaired) electrons. The van der Waals surface area contributed by atoms with E-state index in [1.165, 1.54) is 21.8 Å². The number of nitrogens with zero attached hydrogens (tertiary/aromatic N) is 2. The molecule has 0 N–H and O–H groups in total. The SMILES string of the molecule is Cc1cn2c(/C=C/C(=O)c3ccc(C)c(C)c3)c(C(F)(F)F)nc2s1. The molecule has 0 amide bonds. The number of benzene rings is 1. The van der Waals surface area contributed by atoms with Gasteiger partial charge in [0.2, 0.25) is 0 Å². The molecule has 0 unspecified atom stereocenters. The summed E-state index contributed by atoms with van der Waals surface area (Å²) in [7, 11) is 0. The van der Waals surface area contributed by atoms with Crippen LogP contribution in [-0.2, 0) is 6.18 Å². The van der Waals surface area contributed by atoms with Crippen LogP contribution in [0.4, 0.5) is 13.2 Å². The lowest BCUT2D eigenvalue weighted by atomic mass is 10.0. The van der Waals surface area contributed by atoms with E-state index < -0.39 is 11.9 Å². The number of rotatable bonds is 3. The van der Waals surface area contributed by atoms with Crippen LogP contribution in [0.3, 0.4) is 0 Å². The number of allylic oxidation sites excluding steroid dienone is 1. The number of alkyl halides is 3. The van der Waals surface area contributed by atoms with Gasteiger partial charge in [-0.1, -0.05) is 12.1 Å². The van der Waals surface area contributed by atoms with Crippen LogP contribution in [0.15, 0.2) is 30.5 Å². The van der Waals surface area contributed by atoms with Crippen LogP contribution < -0.4 is 0 Å². The molecular weight excluding hydrogens is 349 g/mol. The summed E-state index contributed by atoms with van der Waals surface area (Å²) in [6.07, 6.45) is -0.645. The number of carbonyl (C=O) groups excluding carboxylic acids is 1. The Morgan fingerprint density at radius 3 is 2.56 bits per heavy atom. The van der Waals surface area contributed by atoms with Gasteiger partial charge in [0.05, 0.1) is 5.69 Å². The number of hydrogen-bond acceptors (Lipinski definition) is 3. The molecule has 0 atom stereocenters. The molecule has 130 valence electrons. The Balaban J connectivity index is 2.02. The van der Waals surface area contributed by atoms with Crippen molar-refractivity contribution in [1.82, 2.24) is 9.38 Å². The van der Waals surface area contributed by atoms with E-state index in [1.54, 1.807) is 25.3 Å². The number of fused-ring (bicyclic) bond motifs is 1. The van der Waals surface area contributed by atoms with E-state index in [4.69, 9.17) is 0 Å². The van der Waals surface area contributed by atoms with Crippen molar-refractivity contribution in [2.24, 2.45) is 0 Å². The molecule has 0 bridgehead atoms. The minimum Gasteiger partial charge on any atom is -0.290 e. The molecule has 0 fully saturated rings. The largest absolute Gasteiger partial charge is 0.435 e. The summed E-state index contributed by atoms with van der Waals surface area (Å²) in [5, 5.41) is 0. The van der Waals surface area contributed by atoms with Crippen molar-refractivity contribution < 1.29 is 18.0 Å². The number of aromatic nitrogens is 2. The van der Waals surface area contributed by atoms with Crippen molar-refractivity contribution in [1.29, 1.82) is 0 Å². The lowest BCUT2D eigenvalue weighted by molar-refractivity contribution is -0.140. The zero-order valence-corrected chi connectivity index (χ0v) is 14.6. The highest BCUT2D eigenvalue weighted by atomic mass is 32.1. The molecular formula is C18H15F3N2OS. The first-order chi connectivity index (χ1) is 11.7. The van der Waals surface area contributed by atoms with E-state index in [1.807, 2.05) is 19.9 Å². The molecule has 1 aromatic carbocycles. The van der Waals surface area contributed by atoms with Crippen LogP contribution in [-0.4, -0.2) is 15.2 Å². The molecule has 7 heteroatoms. The maximum absolute atomic E-state index is 13.2. The Kier molecular flexibility index (Phi) is 4.28. The van der Waals surface area contributed by atoms with Gasteiger partial charge in [-0.3, -0.25) is 9.20 Å². The van der Waals surface area contributed by atoms with Crippen molar-refractivity contribution in [3.63, 3.8) is 0 Å². The third kappa shape index (κ3) is 3.37. The topological polar surface area (TPSA) is 34.4 Å². The zero-order chi connectivity index (χ0) is 18.4. The first-order valence-corrected chi connectivity index (χ1v) is 8.34. The van der Waals surface area contributed by atoms with Crippen LogP contribution in [0.1, 0.15) is 37.7 Å². The fourth-order valence-corrected chi connectivity index (χ4v) is 3.32. The fraction of sp³-hybridized carbons (Fsp3) is 0.222. The van der Waals surface area contributed by atoms with E-state index >= 15 is 0 Å². The molecule has 0 saturated carbocycles. The molecule has 0 saturated heterocycles. The summed E-state index contributed by atoms with van der Waals surface area (Å²) in [5.74, 6) is -0.349. The van der Waals surface area contributed by atoms with E-state index in [-0.39, 0.29) is 16.4 Å². The van der Waals surface area contributed by atoms with E-state index in [9.17, 15) is 18.0 Å². The number of ketones is 1. The Hall–Kier alpha value is -2.41. The Morgan fingerprint density at radius 1 is 1.20 bits per heavy atom. The average Bonchev–Trinajstić information content (AvgIpc) is 3.03. The van der Waals surface area contributed by atoms with E-state index in [0.29, 0.717) is 5.56 Å². The van der Waals surface area contributed by atoms with Gasteiger partial charge in [-0.15, -0.1) is 11.3 Å². The Morgan fingerprint density at radius 2 is 1.92 bits per heavy atom. The van der Waals surface area contributed by atoms with E-state index in [0.717, 1.165) is 22.1 Å². The first-order valence-electron chi connectivity index (χ1n) is 7.52. The fourth-order valence-electron chi connectivity index (χ4n) is 2.49. The lowest BCUT2D eigenvalue weighted by Crippen LogP contribution is -2.08. The summed E-state index contributed by atoms with van der Waals surface area (Å²) in [6, 6.07) is 5.21. The molecule has 2 aromatic heterocycles. The Labute approximate surface area is 146 Å². The maximum Gasteiger partial charge on any atom is 0.435 e. The van der Waals surface area contributed by atoms with Crippen LogP contribution in [0.2, 0.25) is 0 Å². The average molecular weight is 364 g/mol. The third-order valence-electron chi connectivity index (χ3n) is 3.93. The molecule has 25 heavy (non-hydrogen) atoms. The second-order valence-corrected chi connectivity index (χ2v) is 7.05. The summed E-state index contributed by atoms with van der Waals surface area (Å²) >= 11 is 1.17. The summed E-state index contributed by atoms with van der Waals surface area (Å²) in [5.41, 5.74) is 1.32. The molecule has 0 aliphatic rings. The van der Waals surface area contributed by atoms with Crippen molar-refractivity contribution in [3.05, 3.63) is 63.4 Å². The first kappa shape index (κ1) is 17.4. The predicted molar refractivity (Wildman–Crippen MR) is 92.1 cm³/mol. The summed E-state index contributed by atoms with van der Waals surface area (Å²) in [6.45, 7) is 5.60. The third-order valence-corrected chi connectivity index (χ3v) is 4.83. The number of carbonyl (C=O) groups is 1. The van der Waals surface area contributed by atoms with Gasteiger partial charge in [0.15, 0.2) is 16.4 Å². The molecule has 0 aliphatic carbocycles. The highest BCUT2D eigenvalue weighted by molar-refractivity contribution is 7.17. The molecule has 3 nitrogen and oxygen atoms in total. The predicted octanol–water partition coefficient (Wildman–Crippen LogP) is 5.24. The van der Waals surface area contributed by atoms with Gasteiger partial charge in [-0.25, -0.2) is 4.98 Å². The second kappa shape index (κ2) is 6.15. The van der Waals surface area contributed by atoms with Crippen molar-refractivity contribution >= 4 is 28.2 Å². The van der Waals surface area contributed by atoms with Crippen LogP contribution in [0, 0.1) is 20.8 Å². The number of hydrogen-bond donors (Lipinski definition) is 0. The van der Waals surface area contributed by atoms with Gasteiger partial charge < -0.3 is 0 Å². The highest BCUT2D eigenvalue weighted by Crippen LogP contribution is 2.34. The monoisotopic (exact) mass is 364 g/mol. The molecule has 2 heterocycles. The minimum absolute atomic E-state index is 0.135. The van der Waals surface area contributed by atoms with Gasteiger partial charge in [0.1, 0.15) is 0 Å². The summed E-state index contributed by atoms with van der Waals surface area (Å²) in [4.78, 5) is 17.1. The quantitative estimate of drug-likeness (QED) is 0.471.